The van der Waals surface area contributed by atoms with E-state index in [1.165, 1.54) is 0 Å². The van der Waals surface area contributed by atoms with Gasteiger partial charge in [-0.1, -0.05) is 41.4 Å². The van der Waals surface area contributed by atoms with Crippen molar-refractivity contribution in [2.24, 2.45) is 0 Å². The fourth-order valence-electron chi connectivity index (χ4n) is 3.86. The zero-order valence-corrected chi connectivity index (χ0v) is 22.4. The van der Waals surface area contributed by atoms with Crippen LogP contribution in [0, 0.1) is 0 Å². The molecule has 1 unspecified atom stereocenters. The number of nitrogens with one attached hydrogen (secondary N) is 3. The lowest BCUT2D eigenvalue weighted by Crippen LogP contribution is -2.43. The van der Waals surface area contributed by atoms with Crippen LogP contribution in [-0.2, 0) is 9.53 Å². The first-order chi connectivity index (χ1) is 16.9. The normalized spacial score (nSPS) is 15.1. The number of piperidine rings is 1. The largest absolute Gasteiger partial charge is 0.444 e. The van der Waals surface area contributed by atoms with Gasteiger partial charge in [0.25, 0.3) is 0 Å². The highest BCUT2D eigenvalue weighted by Gasteiger charge is 2.25. The maximum Gasteiger partial charge on any atom is 0.408 e. The molecule has 0 aliphatic carbocycles. The number of hydrogen-bond donors (Lipinski definition) is 3. The van der Waals surface area contributed by atoms with Crippen LogP contribution in [0.3, 0.4) is 0 Å². The summed E-state index contributed by atoms with van der Waals surface area (Å²) in [5.74, 6) is -0.0398. The van der Waals surface area contributed by atoms with Crippen LogP contribution >= 0.6 is 23.2 Å². The van der Waals surface area contributed by atoms with Crippen molar-refractivity contribution < 1.29 is 19.1 Å². The minimum Gasteiger partial charge on any atom is -0.444 e. The number of rotatable bonds is 5. The van der Waals surface area contributed by atoms with Crippen molar-refractivity contribution in [1.29, 1.82) is 0 Å². The summed E-state index contributed by atoms with van der Waals surface area (Å²) in [6.45, 7) is 8.07. The second kappa shape index (κ2) is 11.8. The predicted octanol–water partition coefficient (Wildman–Crippen LogP) is 6.26. The van der Waals surface area contributed by atoms with Crippen molar-refractivity contribution in [2.75, 3.05) is 23.7 Å². The number of anilines is 2. The second-order valence-corrected chi connectivity index (χ2v) is 10.6. The van der Waals surface area contributed by atoms with E-state index in [0.717, 1.165) is 18.4 Å². The summed E-state index contributed by atoms with van der Waals surface area (Å²) in [6.07, 6.45) is 0.980. The van der Waals surface area contributed by atoms with Crippen LogP contribution in [0.1, 0.15) is 52.0 Å². The minimum absolute atomic E-state index is 0.226. The third-order valence-electron chi connectivity index (χ3n) is 5.75. The highest BCUT2D eigenvalue weighted by molar-refractivity contribution is 6.39. The third-order valence-corrected chi connectivity index (χ3v) is 6.38. The molecule has 0 spiro atoms. The predicted molar refractivity (Wildman–Crippen MR) is 143 cm³/mol. The maximum atomic E-state index is 12.7. The molecule has 8 nitrogen and oxygen atoms in total. The molecule has 2 aromatic rings. The summed E-state index contributed by atoms with van der Waals surface area (Å²) >= 11 is 12.3. The molecule has 0 radical (unpaired) electrons. The Labute approximate surface area is 221 Å². The molecule has 1 fully saturated rings. The van der Waals surface area contributed by atoms with E-state index in [2.05, 4.69) is 16.0 Å². The Bertz CT molecular complexity index is 1070. The van der Waals surface area contributed by atoms with Gasteiger partial charge in [0.15, 0.2) is 0 Å². The van der Waals surface area contributed by atoms with Crippen LogP contribution in [0.2, 0.25) is 10.0 Å². The van der Waals surface area contributed by atoms with Gasteiger partial charge < -0.3 is 25.6 Å². The summed E-state index contributed by atoms with van der Waals surface area (Å²) in [6, 6.07) is 11.7. The fourth-order valence-corrected chi connectivity index (χ4v) is 4.35. The van der Waals surface area contributed by atoms with Gasteiger partial charge in [0, 0.05) is 18.8 Å². The van der Waals surface area contributed by atoms with E-state index < -0.39 is 17.7 Å². The van der Waals surface area contributed by atoms with Gasteiger partial charge in [-0.15, -0.1) is 0 Å². The Morgan fingerprint density at radius 3 is 2.11 bits per heavy atom. The van der Waals surface area contributed by atoms with Crippen LogP contribution in [0.5, 0.6) is 0 Å². The van der Waals surface area contributed by atoms with Crippen LogP contribution in [0.15, 0.2) is 42.5 Å². The van der Waals surface area contributed by atoms with Gasteiger partial charge in [-0.2, -0.15) is 0 Å². The number of carbonyl (C=O) groups excluding carboxylic acids is 3. The average molecular weight is 535 g/mol. The molecule has 1 aliphatic rings. The molecule has 1 heterocycles. The van der Waals surface area contributed by atoms with Crippen molar-refractivity contribution in [3.05, 3.63) is 58.1 Å². The van der Waals surface area contributed by atoms with Crippen LogP contribution in [0.25, 0.3) is 0 Å². The number of ether oxygens (including phenoxy) is 1. The molecular formula is C26H32Cl2N4O4. The van der Waals surface area contributed by atoms with E-state index in [4.69, 9.17) is 27.9 Å². The van der Waals surface area contributed by atoms with Gasteiger partial charge in [0.05, 0.1) is 15.7 Å². The molecule has 0 aromatic heterocycles. The number of nitrogens with zero attached hydrogens (tertiary/aromatic N) is 1. The Morgan fingerprint density at radius 2 is 1.56 bits per heavy atom. The Hall–Kier alpha value is -2.97. The molecule has 1 atom stereocenters. The van der Waals surface area contributed by atoms with Gasteiger partial charge in [-0.05, 0) is 76.3 Å². The van der Waals surface area contributed by atoms with Gasteiger partial charge in [-0.25, -0.2) is 9.59 Å². The Morgan fingerprint density at radius 1 is 0.972 bits per heavy atom. The molecule has 1 aliphatic heterocycles. The number of halogens is 2. The second-order valence-electron chi connectivity index (χ2n) is 9.77. The van der Waals surface area contributed by atoms with Gasteiger partial charge in [0.1, 0.15) is 11.6 Å². The summed E-state index contributed by atoms with van der Waals surface area (Å²) in [7, 11) is 0. The molecule has 36 heavy (non-hydrogen) atoms. The molecule has 3 N–H and O–H groups in total. The lowest BCUT2D eigenvalue weighted by atomic mass is 9.89. The van der Waals surface area contributed by atoms with Crippen LogP contribution in [-0.4, -0.2) is 47.7 Å². The van der Waals surface area contributed by atoms with Gasteiger partial charge in [-0.3, -0.25) is 4.79 Å². The number of benzene rings is 2. The Balaban J connectivity index is 1.48. The minimum atomic E-state index is -0.754. The monoisotopic (exact) mass is 534 g/mol. The van der Waals surface area contributed by atoms with Crippen LogP contribution < -0.4 is 16.0 Å². The standard InChI is InChI=1S/C26H32Cl2N4O4/c1-16(29-25(35)36-26(2,3)4)23(33)30-19-10-8-17(9-11-19)18-12-14-32(15-13-18)24(34)31-22-20(27)6-5-7-21(22)28/h5-11,16,18H,12-15H2,1-4H3,(H,29,35)(H,30,33)(H,31,34). The first kappa shape index (κ1) is 27.6. The number of para-hydroxylation sites is 1. The summed E-state index contributed by atoms with van der Waals surface area (Å²) in [4.78, 5) is 38.7. The molecular weight excluding hydrogens is 503 g/mol. The first-order valence-corrected chi connectivity index (χ1v) is 12.6. The maximum absolute atomic E-state index is 12.7. The van der Waals surface area contributed by atoms with Crippen LogP contribution in [0.4, 0.5) is 21.0 Å². The van der Waals surface area contributed by atoms with Crippen molar-refractivity contribution in [3.8, 4) is 0 Å². The number of hydrogen-bond acceptors (Lipinski definition) is 4. The number of carbonyl (C=O) groups is 3. The van der Waals surface area contributed by atoms with Crippen molar-refractivity contribution in [3.63, 3.8) is 0 Å². The fraction of sp³-hybridized carbons (Fsp3) is 0.423. The molecule has 2 aromatic carbocycles. The smallest absolute Gasteiger partial charge is 0.408 e. The lowest BCUT2D eigenvalue weighted by molar-refractivity contribution is -0.117. The zero-order valence-electron chi connectivity index (χ0n) is 20.9. The van der Waals surface area contributed by atoms with Crippen molar-refractivity contribution in [1.82, 2.24) is 10.2 Å². The lowest BCUT2D eigenvalue weighted by Gasteiger charge is -2.32. The summed E-state index contributed by atoms with van der Waals surface area (Å²) < 4.78 is 5.18. The molecule has 0 bridgehead atoms. The van der Waals surface area contributed by atoms with E-state index in [1.807, 2.05) is 24.3 Å². The van der Waals surface area contributed by atoms with Gasteiger partial charge >= 0.3 is 12.1 Å². The Kier molecular flexibility index (Phi) is 9.08. The van der Waals surface area contributed by atoms with Crippen molar-refractivity contribution >= 4 is 52.6 Å². The number of likely N-dealkylation sites (tertiary alicyclic amines) is 1. The quantitative estimate of drug-likeness (QED) is 0.421. The topological polar surface area (TPSA) is 99.8 Å². The zero-order chi connectivity index (χ0) is 26.5. The van der Waals surface area contributed by atoms with E-state index in [9.17, 15) is 14.4 Å². The summed E-state index contributed by atoms with van der Waals surface area (Å²) in [5, 5.41) is 8.93. The van der Waals surface area contributed by atoms with Gasteiger partial charge in [0.2, 0.25) is 5.91 Å². The number of urea groups is 1. The average Bonchev–Trinajstić information content (AvgIpc) is 2.80. The highest BCUT2D eigenvalue weighted by atomic mass is 35.5. The number of amides is 4. The van der Waals surface area contributed by atoms with E-state index in [0.29, 0.717) is 40.4 Å². The summed E-state index contributed by atoms with van der Waals surface area (Å²) in [5.41, 5.74) is 1.55. The molecule has 1 saturated heterocycles. The molecule has 194 valence electrons. The van der Waals surface area contributed by atoms with E-state index >= 15 is 0 Å². The van der Waals surface area contributed by atoms with E-state index in [-0.39, 0.29) is 11.9 Å². The van der Waals surface area contributed by atoms with E-state index in [1.54, 1.807) is 50.8 Å². The molecule has 0 saturated carbocycles. The molecule has 3 rings (SSSR count). The van der Waals surface area contributed by atoms with Crippen molar-refractivity contribution in [2.45, 2.75) is 58.1 Å². The number of alkyl carbamates (subject to hydrolysis) is 1. The highest BCUT2D eigenvalue weighted by Crippen LogP contribution is 2.32. The molecule has 4 amide bonds. The third kappa shape index (κ3) is 7.77. The SMILES string of the molecule is CC(NC(=O)OC(C)(C)C)C(=O)Nc1ccc(C2CCN(C(=O)Nc3c(Cl)cccc3Cl)CC2)cc1. The molecule has 10 heteroatoms. The first-order valence-electron chi connectivity index (χ1n) is 11.8.